The highest BCUT2D eigenvalue weighted by Crippen LogP contribution is 2.49. The number of amides is 3. The van der Waals surface area contributed by atoms with Crippen LogP contribution < -0.4 is 58.1 Å². The van der Waals surface area contributed by atoms with Crippen LogP contribution in [-0.2, 0) is 20.8 Å². The number of ether oxygens (including phenoxy) is 2. The minimum Gasteiger partial charge on any atom is -0.486 e. The second kappa shape index (κ2) is 35.0. The standard InChI is InChI=1S/C33H32ClF2N5O3.C33H34F2N6O3.C32H32F2N6O2/c1-6-25(42)39-14-20-15-44-32-31(40(20)13-18(39)5)22-12-24(35)26(21-11-19(37)7-8-23(21)34)27(36)30(22)41(33(32)43)29-17(4)9-10-38-28(29)16(2)3;1-6-25(42)39-16-20-11-13-44-31-30(40(20)15-19(39)5)21-14-23(35)28(26-22(34)8-7-9-24(26)36)38-32(21)41(33(31)43)29-18(4)10-12-37-27(29)17(2)3;1-6-25(41)38-15-19-12-21-30(39(19)14-18(38)5)20-13-23(34)28(26-22(33)8-7-9-24(26)35)37-31(20)40(32(21)42)29-17(4)10-11-36-27(29)16(2)3/h6-12,16,18,20H,1,13-15,37H2,2-5H3;6-10,12,14,17,19-20H,1,11,13,15-16,36H2,2-5H3;6-11,13,16,18-19H,1,12,14-15,35H2,2-5H3. The van der Waals surface area contributed by atoms with Crippen LogP contribution in [0.3, 0.4) is 0 Å². The van der Waals surface area contributed by atoms with Gasteiger partial charge >= 0.3 is 5.56 Å². The Balaban J connectivity index is 0.000000143. The summed E-state index contributed by atoms with van der Waals surface area (Å²) in [5, 5.41) is 0.994. The van der Waals surface area contributed by atoms with Crippen LogP contribution in [0.1, 0.15) is 126 Å². The molecule has 6 atom stereocenters. The first-order valence-corrected chi connectivity index (χ1v) is 43.4. The second-order valence-corrected chi connectivity index (χ2v) is 35.2. The van der Waals surface area contributed by atoms with Gasteiger partial charge in [0.05, 0.1) is 98.1 Å². The van der Waals surface area contributed by atoms with Crippen LogP contribution in [-0.4, -0.2) is 160 Å². The maximum Gasteiger partial charge on any atom is 0.301 e. The normalized spacial score (nSPS) is 18.0. The van der Waals surface area contributed by atoms with Gasteiger partial charge in [-0.15, -0.1) is 0 Å². The van der Waals surface area contributed by atoms with Crippen molar-refractivity contribution in [1.29, 1.82) is 0 Å². The lowest BCUT2D eigenvalue weighted by molar-refractivity contribution is -0.129. The van der Waals surface area contributed by atoms with E-state index in [-0.39, 0.29) is 187 Å². The van der Waals surface area contributed by atoms with Gasteiger partial charge in [-0.2, -0.15) is 0 Å². The molecule has 6 aliphatic heterocycles. The first-order chi connectivity index (χ1) is 62.0. The molecule has 14 heterocycles. The SMILES string of the molecule is C=CC(=O)N1CC2CCOc3c(c4cc(F)c(-c5c(N)cccc5F)nc4n(-c4c(C)ccnc4C(C)C)c3=O)N2CC1C.C=CC(=O)N1CC2COc3c(c4cc(F)c(-c5cc(N)ccc5Cl)c(F)c4n(-c4c(C)ccnc4C(C)C)c3=O)N2CC1C.C=CC(=O)N1CC2Cc3c(c4cc(F)c(-c5c(N)cccc5F)nc4n(-c4c(C)ccnc4C(C)C)c3=O)N2CC1C. The molecule has 25 nitrogen and oxygen atoms in total. The van der Waals surface area contributed by atoms with E-state index < -0.39 is 51.6 Å². The number of pyridine rings is 8. The van der Waals surface area contributed by atoms with Crippen molar-refractivity contribution < 1.29 is 50.2 Å². The van der Waals surface area contributed by atoms with Crippen LogP contribution in [0.15, 0.2) is 162 Å². The molecular formula is C98H98ClF6N17O8. The van der Waals surface area contributed by atoms with Gasteiger partial charge in [0.15, 0.2) is 23.1 Å². The minimum absolute atomic E-state index is 0.0139. The van der Waals surface area contributed by atoms with Crippen LogP contribution in [0.4, 0.5) is 60.5 Å². The van der Waals surface area contributed by atoms with Crippen molar-refractivity contribution in [2.24, 2.45) is 0 Å². The van der Waals surface area contributed by atoms with E-state index in [1.54, 1.807) is 45.4 Å². The summed E-state index contributed by atoms with van der Waals surface area (Å²) in [6, 6.07) is 20.4. The van der Waals surface area contributed by atoms with Crippen molar-refractivity contribution >= 4 is 96.4 Å². The molecular weight excluding hydrogens is 1690 g/mol. The lowest BCUT2D eigenvalue weighted by Crippen LogP contribution is -2.62. The zero-order chi connectivity index (χ0) is 93.1. The number of piperazine rings is 3. The van der Waals surface area contributed by atoms with E-state index in [1.807, 2.05) is 99.0 Å². The third kappa shape index (κ3) is 15.2. The lowest BCUT2D eigenvalue weighted by Gasteiger charge is -2.48. The van der Waals surface area contributed by atoms with E-state index in [4.69, 9.17) is 38.3 Å². The average molecular weight is 1790 g/mol. The number of anilines is 6. The topological polar surface area (TPSA) is 298 Å². The molecule has 0 bridgehead atoms. The van der Waals surface area contributed by atoms with Crippen LogP contribution in [0, 0.1) is 55.7 Å². The molecule has 3 fully saturated rings. The van der Waals surface area contributed by atoms with E-state index in [0.717, 1.165) is 11.1 Å². The lowest BCUT2D eigenvalue weighted by atomic mass is 9.97. The van der Waals surface area contributed by atoms with Gasteiger partial charge in [-0.3, -0.25) is 57.4 Å². The largest absolute Gasteiger partial charge is 0.486 e. The van der Waals surface area contributed by atoms with Gasteiger partial charge in [-0.05, 0) is 173 Å². The molecule has 32 heteroatoms. The number of carbonyl (C=O) groups excluding carboxylic acids is 3. The Kier molecular flexibility index (Phi) is 24.1. The molecule has 3 amide bonds. The highest BCUT2D eigenvalue weighted by atomic mass is 35.5. The predicted octanol–water partition coefficient (Wildman–Crippen LogP) is 16.0. The van der Waals surface area contributed by atoms with Crippen molar-refractivity contribution in [3.05, 3.63) is 258 Å². The van der Waals surface area contributed by atoms with Gasteiger partial charge in [0.2, 0.25) is 29.2 Å². The van der Waals surface area contributed by atoms with Crippen molar-refractivity contribution in [3.8, 4) is 62.2 Å². The number of hydrogen-bond donors (Lipinski definition) is 3. The first kappa shape index (κ1) is 89.5. The molecule has 4 aromatic carbocycles. The molecule has 18 rings (SSSR count). The van der Waals surface area contributed by atoms with Crippen molar-refractivity contribution in [2.45, 2.75) is 150 Å². The number of aromatic nitrogens is 8. The zero-order valence-electron chi connectivity index (χ0n) is 73.9. The van der Waals surface area contributed by atoms with Crippen LogP contribution in [0.25, 0.3) is 83.7 Å². The minimum atomic E-state index is -0.971. The summed E-state index contributed by atoms with van der Waals surface area (Å²) < 4.78 is 112. The fraction of sp³-hybridized carbons (Fsp3) is 0.316. The molecule has 6 unspecified atom stereocenters. The summed E-state index contributed by atoms with van der Waals surface area (Å²) >= 11 is 6.44. The van der Waals surface area contributed by atoms with Crippen molar-refractivity contribution in [1.82, 2.24) is 53.3 Å². The summed E-state index contributed by atoms with van der Waals surface area (Å²) in [6.07, 6.45) is 9.75. The van der Waals surface area contributed by atoms with E-state index in [1.165, 1.54) is 105 Å². The fourth-order valence-electron chi connectivity index (χ4n) is 19.2. The summed E-state index contributed by atoms with van der Waals surface area (Å²) in [7, 11) is 0. The van der Waals surface area contributed by atoms with Crippen LogP contribution >= 0.6 is 11.6 Å². The highest BCUT2D eigenvalue weighted by Gasteiger charge is 2.46. The predicted molar refractivity (Wildman–Crippen MR) is 495 cm³/mol. The summed E-state index contributed by atoms with van der Waals surface area (Å²) in [5.74, 6) is -5.64. The molecule has 130 heavy (non-hydrogen) atoms. The Morgan fingerprint density at radius 2 is 0.892 bits per heavy atom. The Morgan fingerprint density at radius 1 is 0.477 bits per heavy atom. The maximum atomic E-state index is 17.2. The molecule has 6 N–H and O–H groups in total. The number of hydrogen-bond acceptors (Lipinski definition) is 19. The van der Waals surface area contributed by atoms with Crippen LogP contribution in [0.2, 0.25) is 5.02 Å². The van der Waals surface area contributed by atoms with Crippen molar-refractivity contribution in [2.75, 3.05) is 84.4 Å². The summed E-state index contributed by atoms with van der Waals surface area (Å²) in [6.45, 7) is 36.4. The zero-order valence-corrected chi connectivity index (χ0v) is 74.7. The summed E-state index contributed by atoms with van der Waals surface area (Å²) in [4.78, 5) is 116. The molecule has 12 aromatic rings. The van der Waals surface area contributed by atoms with Gasteiger partial charge < -0.3 is 56.1 Å². The van der Waals surface area contributed by atoms with E-state index in [2.05, 4.69) is 49.6 Å². The number of nitrogens with two attached hydrogens (primary N) is 3. The first-order valence-electron chi connectivity index (χ1n) is 43.0. The molecule has 6 aliphatic rings. The number of halogens is 7. The molecule has 0 aliphatic carbocycles. The molecule has 0 spiro atoms. The monoisotopic (exact) mass is 1790 g/mol. The number of nitrogens with zero attached hydrogens (tertiary/aromatic N) is 14. The Morgan fingerprint density at radius 3 is 1.37 bits per heavy atom. The smallest absolute Gasteiger partial charge is 0.301 e. The van der Waals surface area contributed by atoms with Crippen molar-refractivity contribution in [3.63, 3.8) is 0 Å². The van der Waals surface area contributed by atoms with Gasteiger partial charge in [-0.25, -0.2) is 36.3 Å². The molecule has 672 valence electrons. The quantitative estimate of drug-likeness (QED) is 0.0581. The number of nitrogen functional groups attached to an aromatic ring is 3. The Bertz CT molecular complexity index is 6920. The van der Waals surface area contributed by atoms with Gasteiger partial charge in [0.25, 0.3) is 11.1 Å². The van der Waals surface area contributed by atoms with Gasteiger partial charge in [0.1, 0.15) is 41.1 Å². The third-order valence-electron chi connectivity index (χ3n) is 25.4. The molecule has 0 radical (unpaired) electrons. The number of aryl methyl sites for hydroxylation is 3. The van der Waals surface area contributed by atoms with E-state index >= 15 is 26.3 Å². The Labute approximate surface area is 750 Å². The number of benzene rings is 4. The molecule has 8 aromatic heterocycles. The van der Waals surface area contributed by atoms with Crippen LogP contribution in [0.5, 0.6) is 11.5 Å². The number of carbonyl (C=O) groups is 3. The third-order valence-corrected chi connectivity index (χ3v) is 25.7. The van der Waals surface area contributed by atoms with E-state index in [9.17, 15) is 28.8 Å². The highest BCUT2D eigenvalue weighted by molar-refractivity contribution is 6.33. The van der Waals surface area contributed by atoms with Gasteiger partial charge in [-0.1, -0.05) is 85.0 Å². The number of fused-ring (bicyclic) bond motifs is 15. The average Bonchev–Trinajstić information content (AvgIpc) is 1.67. The molecule has 0 saturated carbocycles. The van der Waals surface area contributed by atoms with Gasteiger partial charge in [0, 0.05) is 138 Å². The fourth-order valence-corrected chi connectivity index (χ4v) is 19.4. The second-order valence-electron chi connectivity index (χ2n) is 34.8. The summed E-state index contributed by atoms with van der Waals surface area (Å²) in [5.41, 5.74) is 23.4. The van der Waals surface area contributed by atoms with E-state index in [0.29, 0.717) is 113 Å². The molecule has 3 saturated heterocycles. The maximum absolute atomic E-state index is 17.2. The number of rotatable bonds is 12. The Hall–Kier alpha value is -13.8.